The number of allylic oxidation sites excluding steroid dienone is 1. The molecule has 0 aromatic carbocycles. The Morgan fingerprint density at radius 1 is 1.32 bits per heavy atom. The molecule has 0 spiro atoms. The molecule has 10 heteroatoms. The number of ether oxygens (including phenoxy) is 1. The van der Waals surface area contributed by atoms with Crippen LogP contribution in [0, 0.1) is 28.6 Å². The molecule has 1 amide bonds. The van der Waals surface area contributed by atoms with Gasteiger partial charge in [0.1, 0.15) is 16.8 Å². The van der Waals surface area contributed by atoms with Crippen LogP contribution in [0.25, 0.3) is 0 Å². The van der Waals surface area contributed by atoms with Gasteiger partial charge in [0.25, 0.3) is 5.91 Å². The summed E-state index contributed by atoms with van der Waals surface area (Å²) in [4.78, 5) is 22.2. The van der Waals surface area contributed by atoms with E-state index >= 15 is 0 Å². The zero-order valence-corrected chi connectivity index (χ0v) is 22.8. The first-order valence-electron chi connectivity index (χ1n) is 13.3. The first-order valence-corrected chi connectivity index (χ1v) is 14.1. The molecule has 6 aliphatic rings. The second kappa shape index (κ2) is 9.20. The van der Waals surface area contributed by atoms with Crippen LogP contribution in [0.1, 0.15) is 39.5 Å². The molecule has 1 aromatic rings. The van der Waals surface area contributed by atoms with Crippen molar-refractivity contribution in [2.45, 2.75) is 57.8 Å². The zero-order valence-electron chi connectivity index (χ0n) is 21.2. The highest BCUT2D eigenvalue weighted by Crippen LogP contribution is 2.91. The summed E-state index contributed by atoms with van der Waals surface area (Å²) >= 11 is 12.1. The first-order chi connectivity index (χ1) is 17.7. The van der Waals surface area contributed by atoms with Crippen LogP contribution in [0.2, 0.25) is 5.02 Å². The van der Waals surface area contributed by atoms with Crippen LogP contribution in [-0.4, -0.2) is 80.9 Å². The SMILES string of the molecule is C[C@@H]1C[C@H](Oc2ncccc2Cl)CCN1C(=S)CNC1=C(C(=N)C(=O)N2CCC(O)CC2)[C@H]2[C@H]3C1[C@]32C. The van der Waals surface area contributed by atoms with Crippen LogP contribution in [0.15, 0.2) is 29.6 Å². The average molecular weight is 544 g/mol. The molecule has 37 heavy (non-hydrogen) atoms. The third-order valence-electron chi connectivity index (χ3n) is 9.29. The Labute approximate surface area is 227 Å². The number of aliphatic hydroxyl groups is 1. The van der Waals surface area contributed by atoms with Crippen molar-refractivity contribution >= 4 is 40.4 Å². The van der Waals surface area contributed by atoms with E-state index in [0.717, 1.165) is 35.6 Å². The van der Waals surface area contributed by atoms with Gasteiger partial charge in [0, 0.05) is 61.9 Å². The minimum atomic E-state index is -0.342. The van der Waals surface area contributed by atoms with E-state index in [4.69, 9.17) is 34.0 Å². The fraction of sp³-hybridized carbons (Fsp3) is 0.630. The molecule has 8 nitrogen and oxygen atoms in total. The summed E-state index contributed by atoms with van der Waals surface area (Å²) < 4.78 is 6.07. The minimum absolute atomic E-state index is 0.0386. The molecule has 2 bridgehead atoms. The zero-order chi connectivity index (χ0) is 26.1. The van der Waals surface area contributed by atoms with E-state index < -0.39 is 0 Å². The maximum Gasteiger partial charge on any atom is 0.272 e. The number of hydrogen-bond donors (Lipinski definition) is 3. The van der Waals surface area contributed by atoms with Gasteiger partial charge in [0.05, 0.1) is 17.6 Å². The van der Waals surface area contributed by atoms with Crippen molar-refractivity contribution in [3.63, 3.8) is 0 Å². The molecule has 3 N–H and O–H groups in total. The summed E-state index contributed by atoms with van der Waals surface area (Å²) in [5.74, 6) is 1.59. The van der Waals surface area contributed by atoms with E-state index in [9.17, 15) is 9.90 Å². The predicted octanol–water partition coefficient (Wildman–Crippen LogP) is 3.04. The van der Waals surface area contributed by atoms with Crippen molar-refractivity contribution in [2.24, 2.45) is 23.2 Å². The third kappa shape index (κ3) is 4.14. The first kappa shape index (κ1) is 25.1. The van der Waals surface area contributed by atoms with Crippen LogP contribution in [0.3, 0.4) is 0 Å². The van der Waals surface area contributed by atoms with Crippen LogP contribution in [-0.2, 0) is 4.79 Å². The smallest absolute Gasteiger partial charge is 0.272 e. The van der Waals surface area contributed by atoms with Crippen molar-refractivity contribution in [2.75, 3.05) is 26.2 Å². The van der Waals surface area contributed by atoms with Gasteiger partial charge in [-0.05, 0) is 49.1 Å². The maximum absolute atomic E-state index is 13.1. The number of amides is 1. The van der Waals surface area contributed by atoms with Crippen LogP contribution >= 0.6 is 23.8 Å². The Bertz CT molecular complexity index is 1180. The fourth-order valence-corrected chi connectivity index (χ4v) is 7.56. The topological polar surface area (TPSA) is 102 Å². The van der Waals surface area contributed by atoms with E-state index in [-0.39, 0.29) is 35.3 Å². The number of aromatic nitrogens is 1. The molecular weight excluding hydrogens is 510 g/mol. The predicted molar refractivity (Wildman–Crippen MR) is 145 cm³/mol. The lowest BCUT2D eigenvalue weighted by molar-refractivity contribution is -0.126. The van der Waals surface area contributed by atoms with E-state index in [2.05, 4.69) is 29.0 Å². The molecule has 0 radical (unpaired) electrons. The average Bonchev–Trinajstić information content (AvgIpc) is 3.56. The Morgan fingerprint density at radius 2 is 2.05 bits per heavy atom. The second-order valence-electron chi connectivity index (χ2n) is 11.4. The molecule has 3 heterocycles. The maximum atomic E-state index is 13.1. The van der Waals surface area contributed by atoms with E-state index in [1.165, 1.54) is 0 Å². The van der Waals surface area contributed by atoms with Gasteiger partial charge in [-0.3, -0.25) is 10.2 Å². The normalized spacial score (nSPS) is 34.2. The quantitative estimate of drug-likeness (QED) is 0.359. The largest absolute Gasteiger partial charge is 0.473 e. The summed E-state index contributed by atoms with van der Waals surface area (Å²) in [5.41, 5.74) is 2.32. The number of pyridine rings is 1. The van der Waals surface area contributed by atoms with Gasteiger partial charge in [0.2, 0.25) is 5.88 Å². The van der Waals surface area contributed by atoms with Crippen molar-refractivity contribution in [3.8, 4) is 5.88 Å². The van der Waals surface area contributed by atoms with Crippen molar-refractivity contribution < 1.29 is 14.6 Å². The number of thiocarbonyl (C=S) groups is 1. The van der Waals surface area contributed by atoms with Gasteiger partial charge in [-0.2, -0.15) is 0 Å². The molecule has 4 fully saturated rings. The number of carbonyl (C=O) groups is 1. The van der Waals surface area contributed by atoms with Gasteiger partial charge in [0.15, 0.2) is 0 Å². The van der Waals surface area contributed by atoms with E-state index in [1.807, 2.05) is 0 Å². The van der Waals surface area contributed by atoms with Gasteiger partial charge in [-0.25, -0.2) is 4.98 Å². The summed E-state index contributed by atoms with van der Waals surface area (Å²) in [6, 6.07) is 3.80. The number of hydrogen-bond acceptors (Lipinski definition) is 7. The summed E-state index contributed by atoms with van der Waals surface area (Å²) in [6.07, 6.45) is 4.21. The van der Waals surface area contributed by atoms with E-state index in [1.54, 1.807) is 23.2 Å². The lowest BCUT2D eigenvalue weighted by atomic mass is 9.99. The standard InChI is InChI=1S/C27H34ClN5O3S/c1-14-12-16(36-25-17(28)4-3-8-30-25)7-11-33(14)18(37)13-31-24-19(20-21-22(24)27(20,21)2)23(29)26(35)32-9-5-15(34)6-10-32/h3-4,8,14-16,20-22,29,31,34H,5-7,9-13H2,1-2H3/t14-,16-,20+,21+,22?,27+/m1/s1. The van der Waals surface area contributed by atoms with Gasteiger partial charge in [-0.15, -0.1) is 0 Å². The molecule has 1 aromatic heterocycles. The number of aliphatic hydroxyl groups excluding tert-OH is 1. The summed E-state index contributed by atoms with van der Waals surface area (Å²) in [6.45, 7) is 6.79. The number of carbonyl (C=O) groups excluding carboxylic acids is 1. The Hall–Kier alpha value is -2.23. The van der Waals surface area contributed by atoms with Crippen molar-refractivity contribution in [1.29, 1.82) is 5.41 Å². The third-order valence-corrected chi connectivity index (χ3v) is 9.95. The van der Waals surface area contributed by atoms with Crippen molar-refractivity contribution in [3.05, 3.63) is 34.6 Å². The molecule has 7 rings (SSSR count). The van der Waals surface area contributed by atoms with Gasteiger partial charge < -0.3 is 25.0 Å². The molecular formula is C27H34ClN5O3S. The second-order valence-corrected chi connectivity index (χ2v) is 12.3. The number of halogens is 1. The molecule has 2 aliphatic heterocycles. The van der Waals surface area contributed by atoms with Gasteiger partial charge >= 0.3 is 0 Å². The lowest BCUT2D eigenvalue weighted by Gasteiger charge is -2.39. The van der Waals surface area contributed by atoms with Gasteiger partial charge in [-0.1, -0.05) is 30.7 Å². The summed E-state index contributed by atoms with van der Waals surface area (Å²) in [5, 5.41) is 22.7. The highest BCUT2D eigenvalue weighted by molar-refractivity contribution is 7.80. The van der Waals surface area contributed by atoms with Crippen LogP contribution in [0.4, 0.5) is 0 Å². The molecule has 2 saturated heterocycles. The highest BCUT2D eigenvalue weighted by atomic mass is 35.5. The number of likely N-dealkylation sites (tertiary alicyclic amines) is 2. The van der Waals surface area contributed by atoms with Crippen LogP contribution < -0.4 is 10.1 Å². The Balaban J connectivity index is 1.07. The number of piperidine rings is 2. The number of rotatable bonds is 7. The molecule has 198 valence electrons. The molecule has 4 aliphatic carbocycles. The molecule has 2 saturated carbocycles. The minimum Gasteiger partial charge on any atom is -0.473 e. The Kier molecular flexibility index (Phi) is 6.24. The molecule has 1 unspecified atom stereocenters. The van der Waals surface area contributed by atoms with Crippen LogP contribution in [0.5, 0.6) is 5.88 Å². The monoisotopic (exact) mass is 543 g/mol. The fourth-order valence-electron chi connectivity index (χ4n) is 7.05. The van der Waals surface area contributed by atoms with E-state index in [0.29, 0.717) is 61.1 Å². The molecule has 6 atom stereocenters. The highest BCUT2D eigenvalue weighted by Gasteiger charge is 2.89. The summed E-state index contributed by atoms with van der Waals surface area (Å²) in [7, 11) is 0. The van der Waals surface area contributed by atoms with Crippen molar-refractivity contribution in [1.82, 2.24) is 20.1 Å². The Morgan fingerprint density at radius 3 is 2.73 bits per heavy atom. The lowest BCUT2D eigenvalue weighted by Crippen LogP contribution is -2.49. The number of nitrogens with zero attached hydrogens (tertiary/aromatic N) is 3. The number of nitrogens with one attached hydrogen (secondary N) is 2.